The van der Waals surface area contributed by atoms with Gasteiger partial charge in [0.15, 0.2) is 5.78 Å². The standard InChI is InChI=1S/C27H26ClN3O2/c1-17(32)19-7-9-20(10-8-19)23-16-31(15-18-5-3-2-4-6-18)25-12-22(13-29-26(23)25)21-11-24(28)27(33)30-14-21/h7-14,16,18H,2-6,15H2,1H3,(H,30,33). The van der Waals surface area contributed by atoms with Crippen LogP contribution in [0.4, 0.5) is 0 Å². The third-order valence-corrected chi connectivity index (χ3v) is 6.97. The van der Waals surface area contributed by atoms with Gasteiger partial charge in [-0.05, 0) is 43.4 Å². The van der Waals surface area contributed by atoms with Crippen LogP contribution in [0.1, 0.15) is 49.4 Å². The molecule has 3 aromatic heterocycles. The van der Waals surface area contributed by atoms with Gasteiger partial charge >= 0.3 is 0 Å². The van der Waals surface area contributed by atoms with Gasteiger partial charge in [-0.3, -0.25) is 14.6 Å². The first-order chi connectivity index (χ1) is 16.0. The third kappa shape index (κ3) is 4.38. The maximum Gasteiger partial charge on any atom is 0.266 e. The summed E-state index contributed by atoms with van der Waals surface area (Å²) in [6.07, 6.45) is 12.1. The van der Waals surface area contributed by atoms with E-state index in [9.17, 15) is 9.59 Å². The molecule has 1 aromatic carbocycles. The highest BCUT2D eigenvalue weighted by molar-refractivity contribution is 6.30. The topological polar surface area (TPSA) is 67.8 Å². The molecule has 1 aliphatic carbocycles. The van der Waals surface area contributed by atoms with E-state index in [0.717, 1.165) is 39.8 Å². The number of aromatic amines is 1. The molecular weight excluding hydrogens is 434 g/mol. The molecule has 5 nitrogen and oxygen atoms in total. The molecule has 0 spiro atoms. The SMILES string of the molecule is CC(=O)c1ccc(-c2cn(CC3CCCCC3)c3cc(-c4c[nH]c(=O)c(Cl)c4)cnc23)cc1. The van der Waals surface area contributed by atoms with Crippen LogP contribution in [0.3, 0.4) is 0 Å². The van der Waals surface area contributed by atoms with Crippen LogP contribution < -0.4 is 5.56 Å². The van der Waals surface area contributed by atoms with E-state index in [0.29, 0.717) is 11.5 Å². The van der Waals surface area contributed by atoms with Gasteiger partial charge in [-0.2, -0.15) is 0 Å². The summed E-state index contributed by atoms with van der Waals surface area (Å²) >= 11 is 6.07. The van der Waals surface area contributed by atoms with Crippen LogP contribution in [0.2, 0.25) is 5.02 Å². The number of hydrogen-bond acceptors (Lipinski definition) is 3. The van der Waals surface area contributed by atoms with E-state index in [1.807, 2.05) is 30.5 Å². The fraction of sp³-hybridized carbons (Fsp3) is 0.296. The number of aromatic nitrogens is 3. The van der Waals surface area contributed by atoms with Crippen LogP contribution in [-0.2, 0) is 6.54 Å². The van der Waals surface area contributed by atoms with Crippen LogP contribution in [0, 0.1) is 5.92 Å². The van der Waals surface area contributed by atoms with Crippen molar-refractivity contribution in [2.75, 3.05) is 0 Å². The molecule has 1 saturated carbocycles. The van der Waals surface area contributed by atoms with E-state index >= 15 is 0 Å². The summed E-state index contributed by atoms with van der Waals surface area (Å²) in [5.74, 6) is 0.720. The number of pyridine rings is 2. The molecule has 1 aliphatic rings. The summed E-state index contributed by atoms with van der Waals surface area (Å²) < 4.78 is 2.32. The lowest BCUT2D eigenvalue weighted by Gasteiger charge is -2.22. The molecule has 6 heteroatoms. The Morgan fingerprint density at radius 3 is 2.55 bits per heavy atom. The summed E-state index contributed by atoms with van der Waals surface area (Å²) in [5, 5.41) is 0.163. The van der Waals surface area contributed by atoms with E-state index in [1.54, 1.807) is 19.2 Å². The number of nitrogens with one attached hydrogen (secondary N) is 1. The molecule has 0 bridgehead atoms. The second-order valence-electron chi connectivity index (χ2n) is 8.99. The smallest absolute Gasteiger partial charge is 0.266 e. The van der Waals surface area contributed by atoms with Crippen molar-refractivity contribution in [1.82, 2.24) is 14.5 Å². The summed E-state index contributed by atoms with van der Waals surface area (Å²) in [6, 6.07) is 11.5. The van der Waals surface area contributed by atoms with Gasteiger partial charge in [-0.1, -0.05) is 55.1 Å². The Bertz CT molecular complexity index is 1380. The fourth-order valence-electron chi connectivity index (χ4n) is 4.84. The molecule has 1 fully saturated rings. The summed E-state index contributed by atoms with van der Waals surface area (Å²) in [5.41, 5.74) is 6.23. The van der Waals surface area contributed by atoms with Crippen LogP contribution in [0.15, 0.2) is 59.8 Å². The van der Waals surface area contributed by atoms with Gasteiger partial charge in [-0.15, -0.1) is 0 Å². The van der Waals surface area contributed by atoms with Crippen molar-refractivity contribution in [2.24, 2.45) is 5.92 Å². The normalized spacial score (nSPS) is 14.6. The monoisotopic (exact) mass is 459 g/mol. The molecule has 1 N–H and O–H groups in total. The molecule has 0 unspecified atom stereocenters. The number of benzene rings is 1. The molecule has 5 rings (SSSR count). The Hall–Kier alpha value is -3.18. The fourth-order valence-corrected chi connectivity index (χ4v) is 5.01. The highest BCUT2D eigenvalue weighted by atomic mass is 35.5. The van der Waals surface area contributed by atoms with Gasteiger partial charge in [-0.25, -0.2) is 0 Å². The number of hydrogen-bond donors (Lipinski definition) is 1. The van der Waals surface area contributed by atoms with Crippen LogP contribution in [-0.4, -0.2) is 20.3 Å². The second kappa shape index (κ2) is 8.99. The number of nitrogens with zero attached hydrogens (tertiary/aromatic N) is 2. The van der Waals surface area contributed by atoms with E-state index in [1.165, 1.54) is 32.1 Å². The molecule has 33 heavy (non-hydrogen) atoms. The molecule has 0 saturated heterocycles. The highest BCUT2D eigenvalue weighted by Crippen LogP contribution is 2.34. The first kappa shape index (κ1) is 21.7. The van der Waals surface area contributed by atoms with E-state index in [2.05, 4.69) is 21.8 Å². The Morgan fingerprint density at radius 1 is 1.09 bits per heavy atom. The molecule has 0 atom stereocenters. The number of Topliss-reactive ketones (excluding diaryl/α,β-unsaturated/α-hetero) is 1. The maximum absolute atomic E-state index is 11.7. The van der Waals surface area contributed by atoms with Crippen molar-refractivity contribution < 1.29 is 4.79 Å². The Morgan fingerprint density at radius 2 is 1.85 bits per heavy atom. The zero-order valence-corrected chi connectivity index (χ0v) is 19.4. The molecule has 3 heterocycles. The lowest BCUT2D eigenvalue weighted by Crippen LogP contribution is -2.13. The molecule has 0 aliphatic heterocycles. The van der Waals surface area contributed by atoms with Crippen LogP contribution >= 0.6 is 11.6 Å². The molecule has 0 radical (unpaired) electrons. The minimum atomic E-state index is -0.300. The average molecular weight is 460 g/mol. The van der Waals surface area contributed by atoms with Gasteiger partial charge < -0.3 is 9.55 Å². The van der Waals surface area contributed by atoms with E-state index in [-0.39, 0.29) is 16.4 Å². The number of fused-ring (bicyclic) bond motifs is 1. The van der Waals surface area contributed by atoms with Gasteiger partial charge in [0.05, 0.1) is 11.0 Å². The molecule has 168 valence electrons. The average Bonchev–Trinajstić information content (AvgIpc) is 3.19. The van der Waals surface area contributed by atoms with Crippen molar-refractivity contribution in [1.29, 1.82) is 0 Å². The van der Waals surface area contributed by atoms with Crippen molar-refractivity contribution in [2.45, 2.75) is 45.6 Å². The van der Waals surface area contributed by atoms with Gasteiger partial charge in [0.1, 0.15) is 5.02 Å². The number of carbonyl (C=O) groups excluding carboxylic acids is 1. The number of halogens is 1. The van der Waals surface area contributed by atoms with Gasteiger partial charge in [0.25, 0.3) is 5.56 Å². The lowest BCUT2D eigenvalue weighted by atomic mass is 9.89. The van der Waals surface area contributed by atoms with Crippen molar-refractivity contribution >= 4 is 28.4 Å². The molecule has 4 aromatic rings. The maximum atomic E-state index is 11.7. The minimum Gasteiger partial charge on any atom is -0.345 e. The lowest BCUT2D eigenvalue weighted by molar-refractivity contribution is 0.101. The Balaban J connectivity index is 1.62. The second-order valence-corrected chi connectivity index (χ2v) is 9.40. The minimum absolute atomic E-state index is 0.0589. The van der Waals surface area contributed by atoms with Crippen molar-refractivity contribution in [3.05, 3.63) is 75.9 Å². The first-order valence-corrected chi connectivity index (χ1v) is 11.9. The van der Waals surface area contributed by atoms with Crippen LogP contribution in [0.25, 0.3) is 33.3 Å². The van der Waals surface area contributed by atoms with Gasteiger partial charge in [0, 0.05) is 47.4 Å². The Kier molecular flexibility index (Phi) is 5.90. The summed E-state index contributed by atoms with van der Waals surface area (Å²) in [4.78, 5) is 30.9. The molecule has 0 amide bonds. The summed E-state index contributed by atoms with van der Waals surface area (Å²) in [7, 11) is 0. The van der Waals surface area contributed by atoms with E-state index < -0.39 is 0 Å². The number of H-pyrrole nitrogens is 1. The predicted octanol–water partition coefficient (Wildman–Crippen LogP) is 6.49. The van der Waals surface area contributed by atoms with Crippen LogP contribution in [0.5, 0.6) is 0 Å². The number of rotatable bonds is 5. The van der Waals surface area contributed by atoms with Gasteiger partial charge in [0.2, 0.25) is 0 Å². The largest absolute Gasteiger partial charge is 0.345 e. The number of ketones is 1. The summed E-state index contributed by atoms with van der Waals surface area (Å²) in [6.45, 7) is 2.54. The predicted molar refractivity (Wildman–Crippen MR) is 133 cm³/mol. The molecular formula is C27H26ClN3O2. The number of carbonyl (C=O) groups is 1. The zero-order valence-electron chi connectivity index (χ0n) is 18.6. The third-order valence-electron chi connectivity index (χ3n) is 6.69. The van der Waals surface area contributed by atoms with E-state index in [4.69, 9.17) is 16.6 Å². The zero-order chi connectivity index (χ0) is 22.9. The highest BCUT2D eigenvalue weighted by Gasteiger charge is 2.19. The van der Waals surface area contributed by atoms with Crippen molar-refractivity contribution in [3.8, 4) is 22.3 Å². The first-order valence-electron chi connectivity index (χ1n) is 11.5. The Labute approximate surface area is 197 Å². The van der Waals surface area contributed by atoms with Crippen molar-refractivity contribution in [3.63, 3.8) is 0 Å². The quantitative estimate of drug-likeness (QED) is 0.346.